The Bertz CT molecular complexity index is 1710. The highest BCUT2D eigenvalue weighted by Crippen LogP contribution is 2.31. The number of methoxy groups -OCH3 is 2. The molecule has 0 amide bonds. The van der Waals surface area contributed by atoms with Crippen LogP contribution in [0.2, 0.25) is 0 Å². The Balaban J connectivity index is 1.53. The first-order chi connectivity index (χ1) is 19.5. The quantitative estimate of drug-likeness (QED) is 0.239. The summed E-state index contributed by atoms with van der Waals surface area (Å²) in [7, 11) is 2.90. The number of rotatable bonds is 10. The fourth-order valence-corrected chi connectivity index (χ4v) is 4.79. The molecule has 3 aromatic carbocycles. The number of esters is 1. The van der Waals surface area contributed by atoms with Crippen LogP contribution in [0.1, 0.15) is 41.5 Å². The summed E-state index contributed by atoms with van der Waals surface area (Å²) in [6.07, 6.45) is 2.52. The predicted octanol–water partition coefficient (Wildman–Crippen LogP) is 4.50. The molecule has 0 aliphatic carbocycles. The molecule has 0 atom stereocenters. The number of ether oxygens (including phenoxy) is 2. The van der Waals surface area contributed by atoms with Crippen LogP contribution in [-0.2, 0) is 29.2 Å². The van der Waals surface area contributed by atoms with E-state index in [1.54, 1.807) is 34.6 Å². The van der Waals surface area contributed by atoms with E-state index in [1.807, 2.05) is 48.5 Å². The van der Waals surface area contributed by atoms with Gasteiger partial charge < -0.3 is 9.47 Å². The van der Waals surface area contributed by atoms with Crippen LogP contribution in [0.3, 0.4) is 0 Å². The Morgan fingerprint density at radius 2 is 1.73 bits per heavy atom. The fourth-order valence-electron chi connectivity index (χ4n) is 4.79. The molecule has 5 aromatic rings. The van der Waals surface area contributed by atoms with Crippen molar-refractivity contribution in [1.82, 2.24) is 29.8 Å². The summed E-state index contributed by atoms with van der Waals surface area (Å²) in [6.45, 7) is 2.66. The number of hydrogen-bond donors (Lipinski definition) is 0. The van der Waals surface area contributed by atoms with Gasteiger partial charge in [-0.15, -0.1) is 5.10 Å². The average Bonchev–Trinajstić information content (AvgIpc) is 3.45. The van der Waals surface area contributed by atoms with Gasteiger partial charge in [-0.3, -0.25) is 9.36 Å². The summed E-state index contributed by atoms with van der Waals surface area (Å²) in [5.74, 6) is 0.745. The number of benzene rings is 3. The molecule has 40 heavy (non-hydrogen) atoms. The van der Waals surface area contributed by atoms with E-state index in [9.17, 15) is 9.59 Å². The van der Waals surface area contributed by atoms with Gasteiger partial charge in [-0.05, 0) is 45.7 Å². The highest BCUT2D eigenvalue weighted by Gasteiger charge is 2.19. The van der Waals surface area contributed by atoms with Crippen molar-refractivity contribution >= 4 is 16.9 Å². The van der Waals surface area contributed by atoms with Gasteiger partial charge in [0.25, 0.3) is 5.56 Å². The maximum Gasteiger partial charge on any atom is 0.338 e. The van der Waals surface area contributed by atoms with Crippen molar-refractivity contribution in [3.63, 3.8) is 0 Å². The minimum Gasteiger partial charge on any atom is -0.465 e. The van der Waals surface area contributed by atoms with Crippen LogP contribution in [0, 0.1) is 0 Å². The molecule has 0 saturated heterocycles. The molecular formula is C30H30N6O4. The number of aryl methyl sites for hydroxylation is 1. The summed E-state index contributed by atoms with van der Waals surface area (Å²) in [4.78, 5) is 31.0. The lowest BCUT2D eigenvalue weighted by Gasteiger charge is -2.15. The third-order valence-corrected chi connectivity index (χ3v) is 6.78. The zero-order chi connectivity index (χ0) is 28.1. The zero-order valence-corrected chi connectivity index (χ0v) is 22.7. The van der Waals surface area contributed by atoms with E-state index in [0.717, 1.165) is 35.1 Å². The Kier molecular flexibility index (Phi) is 8.07. The van der Waals surface area contributed by atoms with Gasteiger partial charge in [-0.1, -0.05) is 67.9 Å². The highest BCUT2D eigenvalue weighted by molar-refractivity contribution is 6.03. The first kappa shape index (κ1) is 26.9. The Hall–Kier alpha value is -4.70. The van der Waals surface area contributed by atoms with Crippen molar-refractivity contribution in [3.05, 3.63) is 94.0 Å². The molecule has 2 aromatic heterocycles. The molecule has 5 rings (SSSR count). The molecule has 0 aliphatic rings. The van der Waals surface area contributed by atoms with E-state index >= 15 is 0 Å². The molecule has 0 bridgehead atoms. The molecule has 0 radical (unpaired) electrons. The van der Waals surface area contributed by atoms with Crippen molar-refractivity contribution in [1.29, 1.82) is 0 Å². The second kappa shape index (κ2) is 12.0. The van der Waals surface area contributed by atoms with Gasteiger partial charge in [0.2, 0.25) is 0 Å². The molecule has 204 valence electrons. The van der Waals surface area contributed by atoms with E-state index < -0.39 is 5.97 Å². The second-order valence-corrected chi connectivity index (χ2v) is 9.38. The summed E-state index contributed by atoms with van der Waals surface area (Å²) >= 11 is 0. The highest BCUT2D eigenvalue weighted by atomic mass is 16.5. The van der Waals surface area contributed by atoms with E-state index in [-0.39, 0.29) is 23.2 Å². The van der Waals surface area contributed by atoms with Crippen LogP contribution < -0.4 is 5.56 Å². The summed E-state index contributed by atoms with van der Waals surface area (Å²) < 4.78 is 13.4. The van der Waals surface area contributed by atoms with Gasteiger partial charge >= 0.3 is 5.97 Å². The lowest BCUT2D eigenvalue weighted by atomic mass is 9.98. The molecule has 2 heterocycles. The van der Waals surface area contributed by atoms with Crippen LogP contribution in [0.25, 0.3) is 33.4 Å². The van der Waals surface area contributed by atoms with Crippen LogP contribution in [0.15, 0.2) is 71.5 Å². The number of carbonyl (C=O) groups excluding carboxylic acids is 1. The summed E-state index contributed by atoms with van der Waals surface area (Å²) in [6, 6.07) is 21.0. The van der Waals surface area contributed by atoms with Gasteiger partial charge in [0.1, 0.15) is 12.6 Å². The number of hydrogen-bond acceptors (Lipinski definition) is 8. The Morgan fingerprint density at radius 1 is 0.950 bits per heavy atom. The fraction of sp³-hybridized carbons (Fsp3) is 0.267. The maximum atomic E-state index is 13.8. The molecule has 0 unspecified atom stereocenters. The van der Waals surface area contributed by atoms with Gasteiger partial charge in [0.15, 0.2) is 5.82 Å². The number of nitrogens with zero attached hydrogens (tertiary/aromatic N) is 6. The van der Waals surface area contributed by atoms with Gasteiger partial charge in [-0.25, -0.2) is 9.78 Å². The minimum absolute atomic E-state index is 0.219. The van der Waals surface area contributed by atoms with Crippen molar-refractivity contribution in [2.45, 2.75) is 39.5 Å². The van der Waals surface area contributed by atoms with E-state index in [4.69, 9.17) is 14.5 Å². The summed E-state index contributed by atoms with van der Waals surface area (Å²) in [5, 5.41) is 12.3. The van der Waals surface area contributed by atoms with E-state index in [2.05, 4.69) is 22.4 Å². The normalized spacial score (nSPS) is 11.2. The van der Waals surface area contributed by atoms with Crippen molar-refractivity contribution < 1.29 is 14.3 Å². The molecule has 0 aliphatic heterocycles. The second-order valence-electron chi connectivity index (χ2n) is 9.38. The third kappa shape index (κ3) is 5.26. The van der Waals surface area contributed by atoms with Gasteiger partial charge in [0.05, 0.1) is 30.1 Å². The van der Waals surface area contributed by atoms with Crippen LogP contribution in [-0.4, -0.2) is 49.9 Å². The van der Waals surface area contributed by atoms with E-state index in [1.165, 1.54) is 7.11 Å². The predicted molar refractivity (Wildman–Crippen MR) is 151 cm³/mol. The molecule has 0 fully saturated rings. The van der Waals surface area contributed by atoms with Crippen LogP contribution >= 0.6 is 0 Å². The molecule has 0 saturated carbocycles. The standard InChI is InChI=1S/C30H30N6O4/c1-4-5-13-26-31-25-12-8-11-24(30(38)40-3)27(25)29(37)35(26)18-20-14-16-21(17-15-20)22-9-6-7-10-23(22)28-32-33-34-36(28)19-39-2/h6-12,14-17H,4-5,13,18-19H2,1-3H3. The number of tetrazole rings is 1. The number of unbranched alkanes of at least 4 members (excludes halogenated alkanes) is 1. The largest absolute Gasteiger partial charge is 0.465 e. The van der Waals surface area contributed by atoms with Crippen molar-refractivity contribution in [2.24, 2.45) is 0 Å². The molecule has 10 heteroatoms. The van der Waals surface area contributed by atoms with Crippen LogP contribution in [0.4, 0.5) is 0 Å². The SMILES string of the molecule is CCCCc1nc2cccc(C(=O)OC)c2c(=O)n1Cc1ccc(-c2ccccc2-c2nnnn2COC)cc1. The number of fused-ring (bicyclic) bond motifs is 1. The smallest absolute Gasteiger partial charge is 0.338 e. The zero-order valence-electron chi connectivity index (χ0n) is 22.7. The van der Waals surface area contributed by atoms with Crippen LogP contribution in [0.5, 0.6) is 0 Å². The number of aromatic nitrogens is 6. The number of carbonyl (C=O) groups is 1. The molecule has 10 nitrogen and oxygen atoms in total. The maximum absolute atomic E-state index is 13.8. The van der Waals surface area contributed by atoms with Gasteiger partial charge in [-0.2, -0.15) is 4.68 Å². The first-order valence-corrected chi connectivity index (χ1v) is 13.1. The minimum atomic E-state index is -0.558. The third-order valence-electron chi connectivity index (χ3n) is 6.78. The Morgan fingerprint density at radius 3 is 2.45 bits per heavy atom. The lowest BCUT2D eigenvalue weighted by Crippen LogP contribution is -2.27. The average molecular weight is 539 g/mol. The molecule has 0 N–H and O–H groups in total. The van der Waals surface area contributed by atoms with Crippen molar-refractivity contribution in [3.8, 4) is 22.5 Å². The van der Waals surface area contributed by atoms with E-state index in [0.29, 0.717) is 30.1 Å². The Labute approximate surface area is 231 Å². The topological polar surface area (TPSA) is 114 Å². The van der Waals surface area contributed by atoms with Gasteiger partial charge in [0, 0.05) is 19.1 Å². The summed E-state index contributed by atoms with van der Waals surface area (Å²) in [5.41, 5.74) is 4.23. The molecular weight excluding hydrogens is 508 g/mol. The first-order valence-electron chi connectivity index (χ1n) is 13.1. The molecule has 0 spiro atoms. The lowest BCUT2D eigenvalue weighted by molar-refractivity contribution is 0.0603. The monoisotopic (exact) mass is 538 g/mol. The van der Waals surface area contributed by atoms with Crippen molar-refractivity contribution in [2.75, 3.05) is 14.2 Å².